The third-order valence-electron chi connectivity index (χ3n) is 21.0. The molecule has 14 rings (SSSR count). The lowest BCUT2D eigenvalue weighted by Gasteiger charge is -2.36. The number of ether oxygens (including phenoxy) is 2. The molecule has 30 heteroatoms. The molecule has 6 aliphatic rings. The van der Waals surface area contributed by atoms with Gasteiger partial charge in [0.15, 0.2) is 0 Å². The Labute approximate surface area is 650 Å². The second-order valence-electron chi connectivity index (χ2n) is 31.7. The summed E-state index contributed by atoms with van der Waals surface area (Å²) in [7, 11) is 6.39. The Bertz CT molecular complexity index is 4760. The molecule has 6 aliphatic heterocycles. The Morgan fingerprint density at radius 1 is 0.527 bits per heavy atom. The lowest BCUT2D eigenvalue weighted by molar-refractivity contribution is -0.145. The van der Waals surface area contributed by atoms with Crippen molar-refractivity contribution in [3.63, 3.8) is 0 Å². The number of nitrogens with zero attached hydrogens (tertiary/aromatic N) is 9. The lowest BCUT2D eigenvalue weighted by Crippen LogP contribution is -2.61. The number of nitrogens with one attached hydrogen (secondary N) is 8. The summed E-state index contributed by atoms with van der Waals surface area (Å²) in [5.41, 5.74) is 1.45. The number of carbonyl (C=O) groups excluding carboxylic acids is 9. The third-order valence-corrected chi connectivity index (χ3v) is 21.0. The number of fused-ring (bicyclic) bond motifs is 2. The van der Waals surface area contributed by atoms with Crippen LogP contribution in [0, 0.1) is 10.8 Å². The Hall–Kier alpha value is -11.7. The topological polar surface area (TPSA) is 377 Å². The van der Waals surface area contributed by atoms with Crippen LogP contribution in [0.15, 0.2) is 146 Å². The van der Waals surface area contributed by atoms with E-state index < -0.39 is 142 Å². The monoisotopic (exact) mass is 1530 g/mol. The van der Waals surface area contributed by atoms with E-state index in [1.54, 1.807) is 149 Å². The van der Waals surface area contributed by atoms with Crippen LogP contribution in [0.2, 0.25) is 0 Å². The highest BCUT2D eigenvalue weighted by Gasteiger charge is 2.49. The molecule has 2 aromatic heterocycles. The number of likely N-dealkylation sites (N-methyl/N-ethyl adjacent to an activating group) is 3. The molecule has 592 valence electrons. The van der Waals surface area contributed by atoms with Gasteiger partial charge in [0.05, 0.1) is 36.6 Å². The van der Waals surface area contributed by atoms with Crippen molar-refractivity contribution in [2.75, 3.05) is 41.3 Å². The van der Waals surface area contributed by atoms with Crippen molar-refractivity contribution in [2.45, 2.75) is 180 Å². The fourth-order valence-electron chi connectivity index (χ4n) is 14.2. The quantitative estimate of drug-likeness (QED) is 0.0733. The maximum absolute atomic E-state index is 15.4. The highest BCUT2D eigenvalue weighted by molar-refractivity contribution is 5.99. The average Bonchev–Trinajstić information content (AvgIpc) is 1.64. The van der Waals surface area contributed by atoms with Crippen molar-refractivity contribution in [2.24, 2.45) is 10.8 Å². The smallest absolute Gasteiger partial charge is 0.326 e. The Kier molecular flexibility index (Phi) is 25.5. The molecule has 0 spiro atoms. The standard InChI is InChI=1S/C82H101N17O13/c1-47(83-9)71(100)89-69(81(3,4)5)78(107)96-43-59-39-67(96)75(104)85-63(37-51-21-27-53-17-13-15-19-55(53)33-51)73(102)87-65(77(106)95(11)12)35-49-23-29-61(30-24-49)111-45-57-41-99(93-91-57)60-40-68(97(44-60)79(108)70(82(6,7)8)90-72(101)48(2)84-10)76(105)86-64(38-52-22-28-54-18-14-16-20-56(54)34-52)74(103)88-66(80(109)110)36-50-25-31-62(32-26-50)112-46-58-42-98(59)94-92-58/h13-34,41-42,47-48,59-60,63-70,83-84H,35-40,43-46H2,1-12H3,(H,85,104)(H,86,105)(H,87,102)(H,88,103)(H,89,100)(H,90,101)(H,109,110)/t47-,48-,59-,60-,63-,64-,65-,66-,67-,68-,69+,70+/m0/s1. The molecule has 112 heavy (non-hydrogen) atoms. The van der Waals surface area contributed by atoms with E-state index in [1.165, 1.54) is 19.4 Å². The number of rotatable bonds is 14. The number of likely N-dealkylation sites (tertiary alicyclic amines) is 2. The van der Waals surface area contributed by atoms with Crippen molar-refractivity contribution in [1.29, 1.82) is 0 Å². The molecule has 2 fully saturated rings. The molecule has 0 aliphatic carbocycles. The number of hydrogen-bond acceptors (Lipinski definition) is 18. The summed E-state index contributed by atoms with van der Waals surface area (Å²) in [6.45, 7) is 13.8. The minimum Gasteiger partial charge on any atom is -0.487 e. The summed E-state index contributed by atoms with van der Waals surface area (Å²) < 4.78 is 15.5. The van der Waals surface area contributed by atoms with E-state index in [2.05, 4.69) is 63.2 Å². The molecular formula is C82H101N17O13. The molecule has 8 heterocycles. The zero-order chi connectivity index (χ0) is 80.5. The molecule has 2 saturated heterocycles. The zero-order valence-corrected chi connectivity index (χ0v) is 65.2. The van der Waals surface area contributed by atoms with Crippen LogP contribution >= 0.6 is 0 Å². The van der Waals surface area contributed by atoms with E-state index >= 15 is 24.0 Å². The van der Waals surface area contributed by atoms with Crippen LogP contribution in [0.3, 0.4) is 0 Å². The molecule has 0 unspecified atom stereocenters. The summed E-state index contributed by atoms with van der Waals surface area (Å²) in [6.07, 6.45) is 2.92. The van der Waals surface area contributed by atoms with Gasteiger partial charge in [-0.15, -0.1) is 10.2 Å². The average molecular weight is 1530 g/mol. The number of carbonyl (C=O) groups is 10. The van der Waals surface area contributed by atoms with Gasteiger partial charge < -0.3 is 71.8 Å². The minimum absolute atomic E-state index is 0.00519. The van der Waals surface area contributed by atoms with Gasteiger partial charge >= 0.3 is 5.97 Å². The predicted molar refractivity (Wildman–Crippen MR) is 416 cm³/mol. The molecule has 0 radical (unpaired) electrons. The second-order valence-corrected chi connectivity index (χ2v) is 31.7. The Morgan fingerprint density at radius 3 is 1.29 bits per heavy atom. The number of aliphatic carboxylic acids is 1. The summed E-state index contributed by atoms with van der Waals surface area (Å²) in [4.78, 5) is 150. The lowest BCUT2D eigenvalue weighted by atomic mass is 9.85. The first-order valence-electron chi connectivity index (χ1n) is 37.7. The fourth-order valence-corrected chi connectivity index (χ4v) is 14.2. The molecule has 9 amide bonds. The van der Waals surface area contributed by atoms with Crippen molar-refractivity contribution < 1.29 is 62.5 Å². The normalized spacial score (nSPS) is 21.5. The molecule has 6 aromatic carbocycles. The van der Waals surface area contributed by atoms with Gasteiger partial charge in [-0.25, -0.2) is 14.2 Å². The van der Waals surface area contributed by atoms with Gasteiger partial charge in [-0.2, -0.15) is 0 Å². The van der Waals surface area contributed by atoms with Crippen LogP contribution in [0.5, 0.6) is 11.5 Å². The van der Waals surface area contributed by atoms with E-state index in [9.17, 15) is 29.1 Å². The largest absolute Gasteiger partial charge is 0.487 e. The Morgan fingerprint density at radius 2 is 0.911 bits per heavy atom. The van der Waals surface area contributed by atoms with E-state index in [-0.39, 0.29) is 64.8 Å². The molecule has 9 N–H and O–H groups in total. The van der Waals surface area contributed by atoms with Crippen molar-refractivity contribution in [3.8, 4) is 11.5 Å². The van der Waals surface area contributed by atoms with E-state index in [4.69, 9.17) is 9.47 Å². The number of aromatic nitrogens is 6. The molecular weight excluding hydrogens is 1430 g/mol. The molecule has 12 atom stereocenters. The predicted octanol–water partition coefficient (Wildman–Crippen LogP) is 4.29. The first-order chi connectivity index (χ1) is 53.3. The summed E-state index contributed by atoms with van der Waals surface area (Å²) in [6, 6.07) is 27.2. The highest BCUT2D eigenvalue weighted by atomic mass is 16.5. The van der Waals surface area contributed by atoms with Crippen LogP contribution in [0.25, 0.3) is 21.5 Å². The molecule has 12 bridgehead atoms. The van der Waals surface area contributed by atoms with Crippen LogP contribution in [0.1, 0.15) is 114 Å². The van der Waals surface area contributed by atoms with Crippen LogP contribution in [-0.2, 0) is 86.8 Å². The second kappa shape index (κ2) is 35.1. The maximum Gasteiger partial charge on any atom is 0.326 e. The van der Waals surface area contributed by atoms with E-state index in [0.717, 1.165) is 21.5 Å². The summed E-state index contributed by atoms with van der Waals surface area (Å²) in [5.74, 6) is -5.95. The van der Waals surface area contributed by atoms with Gasteiger partial charge in [0.2, 0.25) is 53.2 Å². The number of hydrogen-bond donors (Lipinski definition) is 9. The van der Waals surface area contributed by atoms with E-state index in [1.807, 2.05) is 84.9 Å². The number of amides is 9. The number of carboxylic acid groups (broad SMARTS) is 1. The first-order valence-corrected chi connectivity index (χ1v) is 37.7. The van der Waals surface area contributed by atoms with Crippen LogP contribution < -0.4 is 52.0 Å². The molecule has 0 saturated carbocycles. The number of carboxylic acids is 1. The van der Waals surface area contributed by atoms with Gasteiger partial charge in [-0.1, -0.05) is 161 Å². The first kappa shape index (κ1) is 81.3. The molecule has 30 nitrogen and oxygen atoms in total. The van der Waals surface area contributed by atoms with Gasteiger partial charge in [0, 0.05) is 65.7 Å². The fraction of sp³-hybridized carbons (Fsp3) is 0.439. The van der Waals surface area contributed by atoms with Gasteiger partial charge in [0.25, 0.3) is 0 Å². The zero-order valence-electron chi connectivity index (χ0n) is 65.2. The SMILES string of the molecule is CN[C@@H](C)C(=O)N[C@H](C(=O)N1C[C@@H]2C[C@H]1C(=O)N[C@@H](Cc1ccc3ccccc3c1)C(=O)N[C@H](C(=O)O)Cc1ccc(cc1)OCc1cn(nn1)[C@H]1C[C@@H](C(=O)N[C@@H](Cc3ccc4ccccc4c3)C(=O)N[C@H](C(=O)N(C)C)Cc3ccc(cc3)OCc3cn2nn3)N(C(=O)[C@@H](NC(=O)[C@H](C)NC)C(C)(C)C)C1)C(C)(C)C. The minimum atomic E-state index is -1.51. The van der Waals surface area contributed by atoms with Crippen LogP contribution in [-0.4, -0.2) is 211 Å². The van der Waals surface area contributed by atoms with Gasteiger partial charge in [0.1, 0.15) is 84.4 Å². The third kappa shape index (κ3) is 19.9. The van der Waals surface area contributed by atoms with Crippen molar-refractivity contribution >= 4 is 80.7 Å². The molecule has 8 aromatic rings. The number of benzene rings is 6. The summed E-state index contributed by atoms with van der Waals surface area (Å²) >= 11 is 0. The van der Waals surface area contributed by atoms with Crippen molar-refractivity contribution in [3.05, 3.63) is 179 Å². The Balaban J connectivity index is 0.933. The maximum atomic E-state index is 15.4. The van der Waals surface area contributed by atoms with Gasteiger partial charge in [-0.3, -0.25) is 43.2 Å². The van der Waals surface area contributed by atoms with Crippen molar-refractivity contribution in [1.82, 2.24) is 87.2 Å². The van der Waals surface area contributed by atoms with E-state index in [0.29, 0.717) is 45.1 Å². The highest BCUT2D eigenvalue weighted by Crippen LogP contribution is 2.35. The van der Waals surface area contributed by atoms with Crippen LogP contribution in [0.4, 0.5) is 0 Å². The van der Waals surface area contributed by atoms with Gasteiger partial charge in [-0.05, 0) is 107 Å². The summed E-state index contributed by atoms with van der Waals surface area (Å²) in [5, 5.41) is 55.4.